The Morgan fingerprint density at radius 2 is 2.15 bits per heavy atom. The molecule has 104 valence electrons. The second-order valence-corrected chi connectivity index (χ2v) is 5.50. The first-order valence-corrected chi connectivity index (χ1v) is 6.95. The molecule has 0 aliphatic carbocycles. The summed E-state index contributed by atoms with van der Waals surface area (Å²) in [7, 11) is 0. The van der Waals surface area contributed by atoms with Gasteiger partial charge in [0, 0.05) is 11.4 Å². The topological polar surface area (TPSA) is 21.3 Å². The first-order chi connectivity index (χ1) is 9.61. The monoisotopic (exact) mass is 291 g/mol. The molecule has 1 atom stereocenters. The summed E-state index contributed by atoms with van der Waals surface area (Å²) < 4.78 is 19.4. The third kappa shape index (κ3) is 2.73. The van der Waals surface area contributed by atoms with Crippen molar-refractivity contribution in [3.8, 4) is 5.75 Å². The van der Waals surface area contributed by atoms with E-state index in [0.29, 0.717) is 17.3 Å². The molecule has 2 aromatic rings. The molecule has 1 unspecified atom stereocenters. The zero-order valence-electron chi connectivity index (χ0n) is 11.1. The number of rotatable bonds is 3. The number of hydrogen-bond donors (Lipinski definition) is 1. The molecule has 4 heteroatoms. The van der Waals surface area contributed by atoms with Crippen molar-refractivity contribution in [1.82, 2.24) is 0 Å². The summed E-state index contributed by atoms with van der Waals surface area (Å²) in [5.41, 5.74) is 2.65. The standard InChI is InChI=1S/C16H15ClFNO/c1-10-2-4-14(18)15(6-10)19-9-13-8-11-7-12(17)3-5-16(11)20-13/h2-7,13,19H,8-9H2,1H3. The summed E-state index contributed by atoms with van der Waals surface area (Å²) >= 11 is 5.96. The molecule has 2 nitrogen and oxygen atoms in total. The van der Waals surface area contributed by atoms with Crippen molar-refractivity contribution >= 4 is 17.3 Å². The van der Waals surface area contributed by atoms with Crippen LogP contribution in [0.5, 0.6) is 5.75 Å². The highest BCUT2D eigenvalue weighted by molar-refractivity contribution is 6.30. The molecule has 0 radical (unpaired) electrons. The van der Waals surface area contributed by atoms with E-state index in [2.05, 4.69) is 5.32 Å². The van der Waals surface area contributed by atoms with Crippen molar-refractivity contribution in [2.24, 2.45) is 0 Å². The SMILES string of the molecule is Cc1ccc(F)c(NCC2Cc3cc(Cl)ccc3O2)c1. The van der Waals surface area contributed by atoms with Gasteiger partial charge in [0.25, 0.3) is 0 Å². The Labute approximate surface area is 122 Å². The highest BCUT2D eigenvalue weighted by Crippen LogP contribution is 2.31. The van der Waals surface area contributed by atoms with Crippen LogP contribution in [0.2, 0.25) is 5.02 Å². The number of ether oxygens (including phenoxy) is 1. The molecule has 0 spiro atoms. The maximum absolute atomic E-state index is 13.6. The first kappa shape index (κ1) is 13.3. The van der Waals surface area contributed by atoms with Crippen LogP contribution in [-0.2, 0) is 6.42 Å². The van der Waals surface area contributed by atoms with Gasteiger partial charge in [-0.05, 0) is 48.4 Å². The third-order valence-corrected chi connectivity index (χ3v) is 3.64. The maximum Gasteiger partial charge on any atom is 0.146 e. The lowest BCUT2D eigenvalue weighted by molar-refractivity contribution is 0.246. The molecule has 0 aromatic heterocycles. The predicted octanol–water partition coefficient (Wildman–Crippen LogP) is 4.20. The van der Waals surface area contributed by atoms with Gasteiger partial charge in [0.1, 0.15) is 17.7 Å². The summed E-state index contributed by atoms with van der Waals surface area (Å²) in [6, 6.07) is 10.6. The van der Waals surface area contributed by atoms with Crippen LogP contribution in [0.4, 0.5) is 10.1 Å². The van der Waals surface area contributed by atoms with Gasteiger partial charge in [0.15, 0.2) is 0 Å². The number of hydrogen-bond acceptors (Lipinski definition) is 2. The van der Waals surface area contributed by atoms with Gasteiger partial charge in [-0.2, -0.15) is 0 Å². The average Bonchev–Trinajstić information content (AvgIpc) is 2.81. The molecule has 0 fully saturated rings. The summed E-state index contributed by atoms with van der Waals surface area (Å²) in [4.78, 5) is 0. The first-order valence-electron chi connectivity index (χ1n) is 6.57. The number of fused-ring (bicyclic) bond motifs is 1. The highest BCUT2D eigenvalue weighted by atomic mass is 35.5. The van der Waals surface area contributed by atoms with E-state index < -0.39 is 0 Å². The fraction of sp³-hybridized carbons (Fsp3) is 0.250. The van der Waals surface area contributed by atoms with Crippen LogP contribution in [0, 0.1) is 12.7 Å². The molecule has 1 N–H and O–H groups in total. The predicted molar refractivity (Wildman–Crippen MR) is 79.2 cm³/mol. The summed E-state index contributed by atoms with van der Waals surface area (Å²) in [5.74, 6) is 0.625. The largest absolute Gasteiger partial charge is 0.488 e. The van der Waals surface area contributed by atoms with Gasteiger partial charge in [-0.3, -0.25) is 0 Å². The van der Waals surface area contributed by atoms with E-state index in [1.807, 2.05) is 25.1 Å². The van der Waals surface area contributed by atoms with E-state index in [9.17, 15) is 4.39 Å². The number of aryl methyl sites for hydroxylation is 1. The van der Waals surface area contributed by atoms with Crippen LogP contribution in [0.15, 0.2) is 36.4 Å². The lowest BCUT2D eigenvalue weighted by Gasteiger charge is -2.13. The molecule has 0 bridgehead atoms. The molecule has 0 saturated carbocycles. The molecule has 1 aliphatic rings. The maximum atomic E-state index is 13.6. The third-order valence-electron chi connectivity index (χ3n) is 3.41. The van der Waals surface area contributed by atoms with Crippen molar-refractivity contribution in [2.75, 3.05) is 11.9 Å². The minimum absolute atomic E-state index is 0.00313. The molecule has 0 amide bonds. The van der Waals surface area contributed by atoms with Gasteiger partial charge >= 0.3 is 0 Å². The zero-order chi connectivity index (χ0) is 14.1. The second kappa shape index (κ2) is 5.33. The highest BCUT2D eigenvalue weighted by Gasteiger charge is 2.23. The Hall–Kier alpha value is -1.74. The molecular formula is C16H15ClFNO. The van der Waals surface area contributed by atoms with Gasteiger partial charge in [-0.15, -0.1) is 0 Å². The van der Waals surface area contributed by atoms with Crippen LogP contribution < -0.4 is 10.1 Å². The van der Waals surface area contributed by atoms with Gasteiger partial charge in [0.2, 0.25) is 0 Å². The lowest BCUT2D eigenvalue weighted by Crippen LogP contribution is -2.24. The summed E-state index contributed by atoms with van der Waals surface area (Å²) in [6.45, 7) is 2.50. The van der Waals surface area contributed by atoms with E-state index in [-0.39, 0.29) is 11.9 Å². The number of nitrogens with one attached hydrogen (secondary N) is 1. The Morgan fingerprint density at radius 3 is 3.00 bits per heavy atom. The van der Waals surface area contributed by atoms with Gasteiger partial charge in [-0.1, -0.05) is 17.7 Å². The van der Waals surface area contributed by atoms with E-state index in [0.717, 1.165) is 23.3 Å². The van der Waals surface area contributed by atoms with Crippen molar-refractivity contribution < 1.29 is 9.13 Å². The lowest BCUT2D eigenvalue weighted by atomic mass is 10.1. The van der Waals surface area contributed by atoms with Gasteiger partial charge in [0.05, 0.1) is 12.2 Å². The molecule has 0 saturated heterocycles. The number of benzene rings is 2. The Balaban J connectivity index is 1.65. The normalized spacial score (nSPS) is 16.6. The fourth-order valence-electron chi connectivity index (χ4n) is 2.40. The summed E-state index contributed by atoms with van der Waals surface area (Å²) in [6.07, 6.45) is 0.791. The van der Waals surface area contributed by atoms with Gasteiger partial charge < -0.3 is 10.1 Å². The fourth-order valence-corrected chi connectivity index (χ4v) is 2.60. The molecule has 20 heavy (non-hydrogen) atoms. The minimum atomic E-state index is -0.242. The van der Waals surface area contributed by atoms with Crippen LogP contribution in [0.1, 0.15) is 11.1 Å². The molecule has 1 aliphatic heterocycles. The molecule has 1 heterocycles. The quantitative estimate of drug-likeness (QED) is 0.915. The van der Waals surface area contributed by atoms with Crippen LogP contribution in [-0.4, -0.2) is 12.6 Å². The average molecular weight is 292 g/mol. The van der Waals surface area contributed by atoms with Crippen molar-refractivity contribution in [3.05, 3.63) is 58.4 Å². The number of anilines is 1. The summed E-state index contributed by atoms with van der Waals surface area (Å²) in [5, 5.41) is 3.83. The molecule has 3 rings (SSSR count). The Morgan fingerprint density at radius 1 is 1.30 bits per heavy atom. The minimum Gasteiger partial charge on any atom is -0.488 e. The van der Waals surface area contributed by atoms with Gasteiger partial charge in [-0.25, -0.2) is 4.39 Å². The molecular weight excluding hydrogens is 277 g/mol. The zero-order valence-corrected chi connectivity index (χ0v) is 11.9. The van der Waals surface area contributed by atoms with Crippen molar-refractivity contribution in [3.63, 3.8) is 0 Å². The van der Waals surface area contributed by atoms with Crippen LogP contribution in [0.25, 0.3) is 0 Å². The van der Waals surface area contributed by atoms with E-state index in [1.54, 1.807) is 12.1 Å². The van der Waals surface area contributed by atoms with Crippen molar-refractivity contribution in [1.29, 1.82) is 0 Å². The van der Waals surface area contributed by atoms with Crippen LogP contribution in [0.3, 0.4) is 0 Å². The van der Waals surface area contributed by atoms with Crippen molar-refractivity contribution in [2.45, 2.75) is 19.4 Å². The van der Waals surface area contributed by atoms with E-state index >= 15 is 0 Å². The van der Waals surface area contributed by atoms with Crippen LogP contribution >= 0.6 is 11.6 Å². The second-order valence-electron chi connectivity index (χ2n) is 5.06. The van der Waals surface area contributed by atoms with E-state index in [4.69, 9.17) is 16.3 Å². The smallest absolute Gasteiger partial charge is 0.146 e. The van der Waals surface area contributed by atoms with E-state index in [1.165, 1.54) is 6.07 Å². The Kier molecular flexibility index (Phi) is 3.53. The Bertz CT molecular complexity index is 644. The number of halogens is 2. The molecule has 2 aromatic carbocycles.